The number of nitrogens with two attached hydrogens (primary N) is 3. The van der Waals surface area contributed by atoms with Crippen molar-refractivity contribution in [2.24, 2.45) is 17.2 Å². The van der Waals surface area contributed by atoms with Crippen LogP contribution in [-0.2, 0) is 14.4 Å². The highest BCUT2D eigenvalue weighted by atomic mass is 16.4. The van der Waals surface area contributed by atoms with Crippen LogP contribution in [-0.4, -0.2) is 54.1 Å². The summed E-state index contributed by atoms with van der Waals surface area (Å²) in [5, 5.41) is 14.4. The molecule has 0 spiro atoms. The van der Waals surface area contributed by atoms with Gasteiger partial charge in [-0.1, -0.05) is 19.8 Å². The summed E-state index contributed by atoms with van der Waals surface area (Å²) in [4.78, 5) is 35.9. The molecule has 26 heavy (non-hydrogen) atoms. The summed E-state index contributed by atoms with van der Waals surface area (Å²) in [6.07, 6.45) is 4.65. The Balaban J connectivity index is 4.70. The Kier molecular flexibility index (Phi) is 13.5. The summed E-state index contributed by atoms with van der Waals surface area (Å²) in [6, 6.07) is -2.51. The lowest BCUT2D eigenvalue weighted by Crippen LogP contribution is -2.54. The quantitative estimate of drug-likeness (QED) is 0.208. The molecule has 0 heterocycles. The van der Waals surface area contributed by atoms with Gasteiger partial charge in [0, 0.05) is 0 Å². The van der Waals surface area contributed by atoms with Crippen LogP contribution in [0.3, 0.4) is 0 Å². The van der Waals surface area contributed by atoms with E-state index in [1.54, 1.807) is 0 Å². The number of carbonyl (C=O) groups excluding carboxylic acids is 2. The Morgan fingerprint density at radius 3 is 1.88 bits per heavy atom. The second-order valence-electron chi connectivity index (χ2n) is 6.42. The monoisotopic (exact) mass is 373 g/mol. The molecule has 0 aromatic carbocycles. The highest BCUT2D eigenvalue weighted by Crippen LogP contribution is 2.05. The van der Waals surface area contributed by atoms with Crippen molar-refractivity contribution in [3.05, 3.63) is 0 Å². The minimum atomic E-state index is -1.10. The molecule has 0 aliphatic carbocycles. The van der Waals surface area contributed by atoms with Crippen molar-refractivity contribution in [1.29, 1.82) is 0 Å². The summed E-state index contributed by atoms with van der Waals surface area (Å²) in [5.41, 5.74) is 16.7. The number of carboxylic acids is 1. The Morgan fingerprint density at radius 2 is 1.38 bits per heavy atom. The van der Waals surface area contributed by atoms with Gasteiger partial charge in [0.2, 0.25) is 11.8 Å². The third kappa shape index (κ3) is 10.3. The number of carbonyl (C=O) groups is 3. The number of amides is 2. The number of hydrogen-bond donors (Lipinski definition) is 6. The first-order valence-corrected chi connectivity index (χ1v) is 9.36. The van der Waals surface area contributed by atoms with Gasteiger partial charge >= 0.3 is 5.97 Å². The third-order valence-corrected chi connectivity index (χ3v) is 4.08. The lowest BCUT2D eigenvalue weighted by Gasteiger charge is -2.22. The van der Waals surface area contributed by atoms with Gasteiger partial charge in [-0.15, -0.1) is 0 Å². The van der Waals surface area contributed by atoms with Gasteiger partial charge in [-0.25, -0.2) is 4.79 Å². The van der Waals surface area contributed by atoms with Crippen molar-refractivity contribution in [3.63, 3.8) is 0 Å². The first kappa shape index (κ1) is 24.3. The number of unbranched alkanes of at least 4 members (excludes halogenated alkanes) is 2. The smallest absolute Gasteiger partial charge is 0.326 e. The second kappa shape index (κ2) is 14.5. The number of hydrogen-bond acceptors (Lipinski definition) is 6. The first-order chi connectivity index (χ1) is 12.4. The van der Waals surface area contributed by atoms with E-state index < -0.39 is 35.9 Å². The minimum absolute atomic E-state index is 0.295. The maximum Gasteiger partial charge on any atom is 0.326 e. The van der Waals surface area contributed by atoms with Crippen LogP contribution in [0.2, 0.25) is 0 Å². The van der Waals surface area contributed by atoms with Crippen LogP contribution in [0.1, 0.15) is 58.3 Å². The molecule has 3 atom stereocenters. The van der Waals surface area contributed by atoms with Crippen molar-refractivity contribution < 1.29 is 19.5 Å². The van der Waals surface area contributed by atoms with E-state index in [9.17, 15) is 19.5 Å². The van der Waals surface area contributed by atoms with E-state index in [1.165, 1.54) is 0 Å². The summed E-state index contributed by atoms with van der Waals surface area (Å²) < 4.78 is 0. The zero-order valence-corrected chi connectivity index (χ0v) is 15.7. The van der Waals surface area contributed by atoms with Gasteiger partial charge in [0.05, 0.1) is 6.04 Å². The summed E-state index contributed by atoms with van der Waals surface area (Å²) in [5.74, 6) is -2.02. The van der Waals surface area contributed by atoms with Crippen molar-refractivity contribution in [3.8, 4) is 0 Å². The summed E-state index contributed by atoms with van der Waals surface area (Å²) in [6.45, 7) is 2.89. The van der Waals surface area contributed by atoms with E-state index in [0.29, 0.717) is 51.6 Å². The van der Waals surface area contributed by atoms with Gasteiger partial charge in [0.15, 0.2) is 0 Å². The van der Waals surface area contributed by atoms with Crippen molar-refractivity contribution in [2.75, 3.05) is 13.1 Å². The lowest BCUT2D eigenvalue weighted by atomic mass is 10.1. The van der Waals surface area contributed by atoms with Gasteiger partial charge in [-0.2, -0.15) is 0 Å². The molecule has 152 valence electrons. The predicted molar refractivity (Wildman–Crippen MR) is 100 cm³/mol. The van der Waals surface area contributed by atoms with Crippen LogP contribution in [0, 0.1) is 0 Å². The fraction of sp³-hybridized carbons (Fsp3) is 0.824. The van der Waals surface area contributed by atoms with E-state index in [4.69, 9.17) is 17.2 Å². The van der Waals surface area contributed by atoms with Crippen LogP contribution in [0.4, 0.5) is 0 Å². The molecule has 0 bridgehead atoms. The molecule has 0 aliphatic rings. The topological polar surface area (TPSA) is 174 Å². The molecule has 0 aliphatic heterocycles. The van der Waals surface area contributed by atoms with Crippen molar-refractivity contribution in [2.45, 2.75) is 76.4 Å². The molecule has 0 unspecified atom stereocenters. The number of rotatable bonds is 15. The van der Waals surface area contributed by atoms with Gasteiger partial charge in [-0.05, 0) is 51.6 Å². The molecule has 0 radical (unpaired) electrons. The van der Waals surface area contributed by atoms with E-state index in [2.05, 4.69) is 10.6 Å². The Bertz CT molecular complexity index is 433. The molecule has 0 saturated heterocycles. The van der Waals surface area contributed by atoms with Crippen molar-refractivity contribution >= 4 is 17.8 Å². The average Bonchev–Trinajstić information content (AvgIpc) is 2.60. The second-order valence-corrected chi connectivity index (χ2v) is 6.42. The standard InChI is InChI=1S/C17H35N5O4/c1-2-7-13(21-15(23)12(20)8-3-5-10-18)16(24)22-14(17(25)26)9-4-6-11-19/h12-14H,2-11,18-20H2,1H3,(H,21,23)(H,22,24)(H,25,26)/t12-,13-,14-/m0/s1. The largest absolute Gasteiger partial charge is 0.480 e. The maximum atomic E-state index is 12.4. The highest BCUT2D eigenvalue weighted by molar-refractivity contribution is 5.91. The minimum Gasteiger partial charge on any atom is -0.480 e. The fourth-order valence-electron chi connectivity index (χ4n) is 2.50. The Labute approximate surface area is 155 Å². The van der Waals surface area contributed by atoms with Crippen LogP contribution in [0.5, 0.6) is 0 Å². The fourth-order valence-corrected chi connectivity index (χ4v) is 2.50. The number of aliphatic carboxylic acids is 1. The highest BCUT2D eigenvalue weighted by Gasteiger charge is 2.27. The van der Waals surface area contributed by atoms with E-state index in [1.807, 2.05) is 6.92 Å². The molecular formula is C17H35N5O4. The molecular weight excluding hydrogens is 338 g/mol. The van der Waals surface area contributed by atoms with E-state index in [-0.39, 0.29) is 0 Å². The summed E-state index contributed by atoms with van der Waals surface area (Å²) >= 11 is 0. The van der Waals surface area contributed by atoms with Gasteiger partial charge in [-0.3, -0.25) is 9.59 Å². The van der Waals surface area contributed by atoms with Crippen LogP contribution >= 0.6 is 0 Å². The molecule has 0 aromatic heterocycles. The molecule has 2 amide bonds. The molecule has 0 aromatic rings. The molecule has 9 N–H and O–H groups in total. The predicted octanol–water partition coefficient (Wildman–Crippen LogP) is -0.574. The molecule has 0 saturated carbocycles. The van der Waals surface area contributed by atoms with E-state index in [0.717, 1.165) is 12.8 Å². The molecule has 0 fully saturated rings. The van der Waals surface area contributed by atoms with Crippen LogP contribution in [0.25, 0.3) is 0 Å². The average molecular weight is 373 g/mol. The third-order valence-electron chi connectivity index (χ3n) is 4.08. The number of nitrogens with one attached hydrogen (secondary N) is 2. The molecule has 9 heteroatoms. The van der Waals surface area contributed by atoms with Gasteiger partial charge < -0.3 is 32.9 Å². The molecule has 0 rings (SSSR count). The van der Waals surface area contributed by atoms with E-state index >= 15 is 0 Å². The van der Waals surface area contributed by atoms with Crippen molar-refractivity contribution in [1.82, 2.24) is 10.6 Å². The van der Waals surface area contributed by atoms with Crippen LogP contribution < -0.4 is 27.8 Å². The zero-order chi connectivity index (χ0) is 19.9. The van der Waals surface area contributed by atoms with Gasteiger partial charge in [0.1, 0.15) is 12.1 Å². The molecule has 9 nitrogen and oxygen atoms in total. The first-order valence-electron chi connectivity index (χ1n) is 9.36. The maximum absolute atomic E-state index is 12.4. The number of carboxylic acid groups (broad SMARTS) is 1. The Hall–Kier alpha value is -1.71. The Morgan fingerprint density at radius 1 is 0.846 bits per heavy atom. The SMILES string of the molecule is CCC[C@H](NC(=O)[C@@H](N)CCCCN)C(=O)N[C@@H](CCCCN)C(=O)O. The van der Waals surface area contributed by atoms with Crippen LogP contribution in [0.15, 0.2) is 0 Å². The zero-order valence-electron chi connectivity index (χ0n) is 15.7. The van der Waals surface area contributed by atoms with Gasteiger partial charge in [0.25, 0.3) is 0 Å². The summed E-state index contributed by atoms with van der Waals surface area (Å²) in [7, 11) is 0. The normalized spacial score (nSPS) is 14.3. The lowest BCUT2D eigenvalue weighted by molar-refractivity contribution is -0.142.